The summed E-state index contributed by atoms with van der Waals surface area (Å²) >= 11 is 0. The van der Waals surface area contributed by atoms with Crippen molar-refractivity contribution < 1.29 is 4.79 Å². The van der Waals surface area contributed by atoms with Crippen molar-refractivity contribution in [3.8, 4) is 0 Å². The van der Waals surface area contributed by atoms with Crippen molar-refractivity contribution in [2.75, 3.05) is 0 Å². The lowest BCUT2D eigenvalue weighted by molar-refractivity contribution is 0.0924. The first-order valence-corrected chi connectivity index (χ1v) is 6.50. The molecule has 0 spiro atoms. The molecule has 0 fully saturated rings. The molecule has 0 bridgehead atoms. The molecule has 0 saturated carbocycles. The fraction of sp³-hybridized carbons (Fsp3) is 0.438. The second kappa shape index (κ2) is 4.87. The first-order chi connectivity index (χ1) is 8.18. The number of hydrogen-bond donors (Lipinski definition) is 0. The van der Waals surface area contributed by atoms with E-state index in [0.717, 1.165) is 12.0 Å². The van der Waals surface area contributed by atoms with Crippen LogP contribution >= 0.6 is 0 Å². The summed E-state index contributed by atoms with van der Waals surface area (Å²) < 4.78 is 0. The van der Waals surface area contributed by atoms with Crippen LogP contribution < -0.4 is 0 Å². The van der Waals surface area contributed by atoms with Gasteiger partial charge in [0.15, 0.2) is 5.78 Å². The predicted octanol–water partition coefficient (Wildman–Crippen LogP) is 4.40. The Morgan fingerprint density at radius 3 is 2.53 bits per heavy atom. The Morgan fingerprint density at radius 1 is 1.18 bits per heavy atom. The molecule has 1 atom stereocenters. The summed E-state index contributed by atoms with van der Waals surface area (Å²) in [5, 5.41) is 0. The standard InChI is InChI=1S/C16H20O/c1-3-4-6-11-14-12-16(14,2)15(17)13-9-7-5-8-10-13/h5,7-10,12H,3-4,6,11H2,1-2H3. The van der Waals surface area contributed by atoms with Crippen LogP contribution in [-0.2, 0) is 0 Å². The largest absolute Gasteiger partial charge is 0.293 e. The third kappa shape index (κ3) is 2.49. The minimum absolute atomic E-state index is 0.254. The summed E-state index contributed by atoms with van der Waals surface area (Å²) in [6, 6.07) is 9.61. The average Bonchev–Trinajstić information content (AvgIpc) is 3.02. The van der Waals surface area contributed by atoms with Crippen LogP contribution in [0, 0.1) is 5.41 Å². The van der Waals surface area contributed by atoms with E-state index in [0.29, 0.717) is 0 Å². The Hall–Kier alpha value is -1.37. The molecule has 1 heteroatoms. The number of ketones is 1. The Kier molecular flexibility index (Phi) is 3.46. The summed E-state index contributed by atoms with van der Waals surface area (Å²) in [7, 11) is 0. The molecule has 0 saturated heterocycles. The lowest BCUT2D eigenvalue weighted by Gasteiger charge is -2.11. The maximum Gasteiger partial charge on any atom is 0.176 e. The molecule has 1 unspecified atom stereocenters. The molecular weight excluding hydrogens is 208 g/mol. The van der Waals surface area contributed by atoms with Crippen molar-refractivity contribution in [2.24, 2.45) is 5.41 Å². The molecule has 1 nitrogen and oxygen atoms in total. The van der Waals surface area contributed by atoms with Gasteiger partial charge >= 0.3 is 0 Å². The summed E-state index contributed by atoms with van der Waals surface area (Å²) in [6.07, 6.45) is 6.92. The van der Waals surface area contributed by atoms with Crippen molar-refractivity contribution in [1.29, 1.82) is 0 Å². The van der Waals surface area contributed by atoms with E-state index in [4.69, 9.17) is 0 Å². The number of carbonyl (C=O) groups is 1. The van der Waals surface area contributed by atoms with Gasteiger partial charge in [0, 0.05) is 5.56 Å². The zero-order valence-electron chi connectivity index (χ0n) is 10.7. The molecule has 0 aliphatic heterocycles. The number of unbranched alkanes of at least 4 members (excludes halogenated alkanes) is 2. The zero-order chi connectivity index (χ0) is 12.3. The van der Waals surface area contributed by atoms with E-state index in [1.165, 1.54) is 24.8 Å². The molecule has 1 aliphatic rings. The first kappa shape index (κ1) is 12.1. The van der Waals surface area contributed by atoms with Gasteiger partial charge in [0.2, 0.25) is 0 Å². The van der Waals surface area contributed by atoms with Gasteiger partial charge in [0.05, 0.1) is 5.41 Å². The van der Waals surface area contributed by atoms with E-state index in [1.807, 2.05) is 37.3 Å². The Labute approximate surface area is 104 Å². The molecule has 0 aromatic heterocycles. The quantitative estimate of drug-likeness (QED) is 0.401. The maximum atomic E-state index is 12.3. The van der Waals surface area contributed by atoms with Gasteiger partial charge in [-0.3, -0.25) is 4.79 Å². The molecule has 1 aliphatic carbocycles. The van der Waals surface area contributed by atoms with Crippen molar-refractivity contribution in [3.63, 3.8) is 0 Å². The normalized spacial score (nSPS) is 22.1. The summed E-state index contributed by atoms with van der Waals surface area (Å²) in [6.45, 7) is 4.25. The van der Waals surface area contributed by atoms with Gasteiger partial charge in [0.1, 0.15) is 0 Å². The van der Waals surface area contributed by atoms with Gasteiger partial charge in [-0.1, -0.05) is 61.7 Å². The number of Topliss-reactive ketones (excluding diaryl/α,β-unsaturated/α-hetero) is 1. The summed E-state index contributed by atoms with van der Waals surface area (Å²) in [5.74, 6) is 0.254. The Balaban J connectivity index is 1.94. The summed E-state index contributed by atoms with van der Waals surface area (Å²) in [4.78, 5) is 12.3. The minimum Gasteiger partial charge on any atom is -0.293 e. The van der Waals surface area contributed by atoms with Crippen LogP contribution in [0.2, 0.25) is 0 Å². The number of rotatable bonds is 6. The van der Waals surface area contributed by atoms with Gasteiger partial charge in [-0.15, -0.1) is 0 Å². The molecule has 0 heterocycles. The molecule has 2 rings (SSSR count). The second-order valence-electron chi connectivity index (χ2n) is 5.02. The topological polar surface area (TPSA) is 17.1 Å². The van der Waals surface area contributed by atoms with Crippen LogP contribution in [0.25, 0.3) is 0 Å². The second-order valence-corrected chi connectivity index (χ2v) is 5.02. The van der Waals surface area contributed by atoms with E-state index < -0.39 is 0 Å². The molecule has 90 valence electrons. The van der Waals surface area contributed by atoms with E-state index in [2.05, 4.69) is 13.0 Å². The lowest BCUT2D eigenvalue weighted by Crippen LogP contribution is -2.15. The van der Waals surface area contributed by atoms with Crippen molar-refractivity contribution in [3.05, 3.63) is 47.5 Å². The minimum atomic E-state index is -0.269. The van der Waals surface area contributed by atoms with Gasteiger partial charge in [-0.2, -0.15) is 0 Å². The highest BCUT2D eigenvalue weighted by Crippen LogP contribution is 2.48. The zero-order valence-corrected chi connectivity index (χ0v) is 10.7. The van der Waals surface area contributed by atoms with Crippen molar-refractivity contribution in [2.45, 2.75) is 39.5 Å². The van der Waals surface area contributed by atoms with Crippen LogP contribution in [-0.4, -0.2) is 5.78 Å². The van der Waals surface area contributed by atoms with Crippen LogP contribution in [0.15, 0.2) is 42.0 Å². The summed E-state index contributed by atoms with van der Waals surface area (Å²) in [5.41, 5.74) is 1.89. The third-order valence-corrected chi connectivity index (χ3v) is 3.60. The van der Waals surface area contributed by atoms with E-state index in [1.54, 1.807) is 0 Å². The number of allylic oxidation sites excluding steroid dienone is 2. The van der Waals surface area contributed by atoms with Gasteiger partial charge < -0.3 is 0 Å². The molecule has 17 heavy (non-hydrogen) atoms. The number of carbonyl (C=O) groups excluding carboxylic acids is 1. The van der Waals surface area contributed by atoms with E-state index in [-0.39, 0.29) is 11.2 Å². The number of hydrogen-bond acceptors (Lipinski definition) is 1. The van der Waals surface area contributed by atoms with E-state index >= 15 is 0 Å². The number of benzene rings is 1. The highest BCUT2D eigenvalue weighted by Gasteiger charge is 2.45. The molecule has 0 N–H and O–H groups in total. The lowest BCUT2D eigenvalue weighted by atomic mass is 9.90. The van der Waals surface area contributed by atoms with Crippen LogP contribution in [0.3, 0.4) is 0 Å². The molecule has 1 aromatic carbocycles. The fourth-order valence-electron chi connectivity index (χ4n) is 2.31. The fourth-order valence-corrected chi connectivity index (χ4v) is 2.31. The van der Waals surface area contributed by atoms with Gasteiger partial charge in [-0.25, -0.2) is 0 Å². The molecular formula is C16H20O. The molecule has 1 aromatic rings. The Bertz CT molecular complexity index is 430. The maximum absolute atomic E-state index is 12.3. The van der Waals surface area contributed by atoms with Crippen molar-refractivity contribution >= 4 is 5.78 Å². The first-order valence-electron chi connectivity index (χ1n) is 6.50. The van der Waals surface area contributed by atoms with Crippen LogP contribution in [0.5, 0.6) is 0 Å². The van der Waals surface area contributed by atoms with Crippen LogP contribution in [0.1, 0.15) is 49.9 Å². The molecule has 0 radical (unpaired) electrons. The van der Waals surface area contributed by atoms with Gasteiger partial charge in [-0.05, 0) is 19.8 Å². The van der Waals surface area contributed by atoms with E-state index in [9.17, 15) is 4.79 Å². The predicted molar refractivity (Wildman–Crippen MR) is 71.1 cm³/mol. The monoisotopic (exact) mass is 228 g/mol. The van der Waals surface area contributed by atoms with Gasteiger partial charge in [0.25, 0.3) is 0 Å². The van der Waals surface area contributed by atoms with Crippen LogP contribution in [0.4, 0.5) is 0 Å². The Morgan fingerprint density at radius 2 is 1.88 bits per heavy atom. The third-order valence-electron chi connectivity index (χ3n) is 3.60. The average molecular weight is 228 g/mol. The molecule has 0 amide bonds. The SMILES string of the molecule is CCCCCC1=CC1(C)C(=O)c1ccccc1. The van der Waals surface area contributed by atoms with Crippen molar-refractivity contribution in [1.82, 2.24) is 0 Å². The highest BCUT2D eigenvalue weighted by atomic mass is 16.1. The smallest absolute Gasteiger partial charge is 0.176 e. The highest BCUT2D eigenvalue weighted by molar-refractivity contribution is 6.06.